The van der Waals surface area contributed by atoms with Gasteiger partial charge in [0.2, 0.25) is 0 Å². The fourth-order valence-electron chi connectivity index (χ4n) is 1.03. The Morgan fingerprint density at radius 1 is 1.38 bits per heavy atom. The summed E-state index contributed by atoms with van der Waals surface area (Å²) in [6.07, 6.45) is 0. The number of hydrogen-bond donors (Lipinski definition) is 0. The van der Waals surface area contributed by atoms with E-state index in [1.807, 2.05) is 0 Å². The van der Waals surface area contributed by atoms with Gasteiger partial charge in [-0.15, -0.1) is 0 Å². The molecule has 0 atom stereocenters. The second-order valence-corrected chi connectivity index (χ2v) is 5.77. The maximum Gasteiger partial charge on any atom is 0.180 e. The molecule has 0 radical (unpaired) electrons. The molecule has 1 aromatic rings. The highest BCUT2D eigenvalue weighted by Gasteiger charge is 2.17. The van der Waals surface area contributed by atoms with E-state index in [4.69, 9.17) is 28.7 Å². The maximum atomic E-state index is 11.8. The fraction of sp³-hybridized carbons (Fsp3) is 0.250. The molecule has 8 heteroatoms. The molecule has 5 nitrogen and oxygen atoms in total. The standard InChI is InChI=1S/C8H7Cl2N3O2S/c9-6-1-2-7(10)8(5-6)16(14,15)4-3-12-13-11/h1-2,5H,3-4H2. The zero-order chi connectivity index (χ0) is 12.2. The van der Waals surface area contributed by atoms with Gasteiger partial charge < -0.3 is 0 Å². The molecule has 1 rings (SSSR count). The monoisotopic (exact) mass is 279 g/mol. The summed E-state index contributed by atoms with van der Waals surface area (Å²) < 4.78 is 23.5. The van der Waals surface area contributed by atoms with Crippen LogP contribution < -0.4 is 0 Å². The van der Waals surface area contributed by atoms with Crippen molar-refractivity contribution in [3.05, 3.63) is 38.7 Å². The van der Waals surface area contributed by atoms with Crippen LogP contribution in [-0.2, 0) is 9.84 Å². The molecule has 16 heavy (non-hydrogen) atoms. The molecule has 86 valence electrons. The van der Waals surface area contributed by atoms with E-state index in [0.29, 0.717) is 0 Å². The lowest BCUT2D eigenvalue weighted by molar-refractivity contribution is 0.596. The van der Waals surface area contributed by atoms with Crippen molar-refractivity contribution in [2.24, 2.45) is 5.11 Å². The number of rotatable bonds is 4. The third kappa shape index (κ3) is 3.28. The SMILES string of the molecule is [N-]=[N+]=NCCS(=O)(=O)c1cc(Cl)ccc1Cl. The molecule has 1 aromatic carbocycles. The zero-order valence-electron chi connectivity index (χ0n) is 7.97. The topological polar surface area (TPSA) is 82.9 Å². The first-order chi connectivity index (χ1) is 7.47. The Morgan fingerprint density at radius 3 is 2.69 bits per heavy atom. The van der Waals surface area contributed by atoms with Gasteiger partial charge in [0.1, 0.15) is 0 Å². The Labute approximate surface area is 103 Å². The molecule has 0 aromatic heterocycles. The van der Waals surface area contributed by atoms with Crippen molar-refractivity contribution in [3.8, 4) is 0 Å². The molecular weight excluding hydrogens is 273 g/mol. The molecular formula is C8H7Cl2N3O2S. The van der Waals surface area contributed by atoms with E-state index >= 15 is 0 Å². The van der Waals surface area contributed by atoms with Gasteiger partial charge in [0.15, 0.2) is 9.84 Å². The molecule has 0 fully saturated rings. The lowest BCUT2D eigenvalue weighted by Gasteiger charge is -2.05. The summed E-state index contributed by atoms with van der Waals surface area (Å²) >= 11 is 11.4. The van der Waals surface area contributed by atoms with Crippen LogP contribution in [-0.4, -0.2) is 20.7 Å². The second kappa shape index (κ2) is 5.41. The lowest BCUT2D eigenvalue weighted by atomic mass is 10.4. The quantitative estimate of drug-likeness (QED) is 0.482. The van der Waals surface area contributed by atoms with Gasteiger partial charge in [0.05, 0.1) is 15.7 Å². The maximum absolute atomic E-state index is 11.8. The van der Waals surface area contributed by atoms with Crippen LogP contribution in [0.3, 0.4) is 0 Å². The van der Waals surface area contributed by atoms with Crippen molar-refractivity contribution in [3.63, 3.8) is 0 Å². The molecule has 0 aliphatic heterocycles. The highest BCUT2D eigenvalue weighted by Crippen LogP contribution is 2.25. The summed E-state index contributed by atoms with van der Waals surface area (Å²) in [5.74, 6) is -0.295. The van der Waals surface area contributed by atoms with Crippen molar-refractivity contribution in [1.29, 1.82) is 0 Å². The molecule has 0 amide bonds. The summed E-state index contributed by atoms with van der Waals surface area (Å²) in [7, 11) is -3.57. The van der Waals surface area contributed by atoms with E-state index in [1.54, 1.807) is 0 Å². The lowest BCUT2D eigenvalue weighted by Crippen LogP contribution is -2.09. The molecule has 0 aliphatic carbocycles. The Balaban J connectivity index is 3.06. The molecule has 0 N–H and O–H groups in total. The average molecular weight is 280 g/mol. The minimum atomic E-state index is -3.57. The highest BCUT2D eigenvalue weighted by molar-refractivity contribution is 7.91. The van der Waals surface area contributed by atoms with Gasteiger partial charge in [0, 0.05) is 16.5 Å². The molecule has 0 bridgehead atoms. The van der Waals surface area contributed by atoms with Crippen molar-refractivity contribution < 1.29 is 8.42 Å². The average Bonchev–Trinajstić information content (AvgIpc) is 2.22. The van der Waals surface area contributed by atoms with Gasteiger partial charge in [-0.2, -0.15) is 0 Å². The summed E-state index contributed by atoms with van der Waals surface area (Å²) in [6.45, 7) is -0.137. The van der Waals surface area contributed by atoms with Gasteiger partial charge in [0.25, 0.3) is 0 Å². The predicted octanol–water partition coefficient (Wildman–Crippen LogP) is 3.08. The number of hydrogen-bond acceptors (Lipinski definition) is 3. The van der Waals surface area contributed by atoms with Gasteiger partial charge in [-0.25, -0.2) is 8.42 Å². The Kier molecular flexibility index (Phi) is 4.44. The van der Waals surface area contributed by atoms with Crippen LogP contribution in [0.1, 0.15) is 0 Å². The van der Waals surface area contributed by atoms with E-state index < -0.39 is 9.84 Å². The smallest absolute Gasteiger partial charge is 0.180 e. The van der Waals surface area contributed by atoms with Crippen molar-refractivity contribution in [1.82, 2.24) is 0 Å². The van der Waals surface area contributed by atoms with E-state index in [9.17, 15) is 8.42 Å². The largest absolute Gasteiger partial charge is 0.224 e. The van der Waals surface area contributed by atoms with Crippen molar-refractivity contribution in [2.75, 3.05) is 12.3 Å². The zero-order valence-corrected chi connectivity index (χ0v) is 10.3. The number of nitrogens with zero attached hydrogens (tertiary/aromatic N) is 3. The molecule has 0 heterocycles. The van der Waals surface area contributed by atoms with Crippen LogP contribution >= 0.6 is 23.2 Å². The van der Waals surface area contributed by atoms with E-state index in [-0.39, 0.29) is 27.2 Å². The van der Waals surface area contributed by atoms with Crippen LogP contribution in [0.25, 0.3) is 10.4 Å². The Bertz CT molecular complexity index is 538. The summed E-state index contributed by atoms with van der Waals surface area (Å²) in [6, 6.07) is 4.18. The highest BCUT2D eigenvalue weighted by atomic mass is 35.5. The fourth-order valence-corrected chi connectivity index (χ4v) is 2.95. The number of azide groups is 1. The van der Waals surface area contributed by atoms with E-state index in [0.717, 1.165) is 0 Å². The third-order valence-electron chi connectivity index (χ3n) is 1.75. The first-order valence-electron chi connectivity index (χ1n) is 4.16. The van der Waals surface area contributed by atoms with Gasteiger partial charge in [-0.05, 0) is 23.7 Å². The van der Waals surface area contributed by atoms with E-state index in [1.165, 1.54) is 18.2 Å². The van der Waals surface area contributed by atoms with Crippen LogP contribution in [0.2, 0.25) is 10.0 Å². The van der Waals surface area contributed by atoms with E-state index in [2.05, 4.69) is 10.0 Å². The van der Waals surface area contributed by atoms with Crippen LogP contribution in [0.4, 0.5) is 0 Å². The second-order valence-electron chi connectivity index (χ2n) is 2.85. The van der Waals surface area contributed by atoms with Crippen molar-refractivity contribution in [2.45, 2.75) is 4.90 Å². The minimum Gasteiger partial charge on any atom is -0.224 e. The normalized spacial score (nSPS) is 10.9. The summed E-state index contributed by atoms with van der Waals surface area (Å²) in [5.41, 5.74) is 8.05. The number of halogens is 2. The van der Waals surface area contributed by atoms with Crippen molar-refractivity contribution >= 4 is 33.0 Å². The number of sulfone groups is 1. The third-order valence-corrected chi connectivity index (χ3v) is 4.16. The summed E-state index contributed by atoms with van der Waals surface area (Å²) in [5, 5.41) is 3.55. The molecule has 0 aliphatic rings. The van der Waals surface area contributed by atoms with Crippen LogP contribution in [0, 0.1) is 0 Å². The van der Waals surface area contributed by atoms with Crippen LogP contribution in [0.5, 0.6) is 0 Å². The van der Waals surface area contributed by atoms with Gasteiger partial charge in [-0.1, -0.05) is 28.3 Å². The Hall–Kier alpha value is -0.940. The molecule has 0 saturated heterocycles. The molecule has 0 spiro atoms. The van der Waals surface area contributed by atoms with Gasteiger partial charge >= 0.3 is 0 Å². The summed E-state index contributed by atoms with van der Waals surface area (Å²) in [4.78, 5) is 2.43. The first-order valence-corrected chi connectivity index (χ1v) is 6.57. The Morgan fingerprint density at radius 2 is 2.06 bits per heavy atom. The molecule has 0 unspecified atom stereocenters. The number of benzene rings is 1. The molecule has 0 saturated carbocycles. The van der Waals surface area contributed by atoms with Crippen LogP contribution in [0.15, 0.2) is 28.2 Å². The minimum absolute atomic E-state index is 0.0465. The predicted molar refractivity (Wildman–Crippen MR) is 62.5 cm³/mol. The first kappa shape index (κ1) is 13.1. The van der Waals surface area contributed by atoms with Gasteiger partial charge in [-0.3, -0.25) is 0 Å².